The van der Waals surface area contributed by atoms with Crippen molar-refractivity contribution in [3.8, 4) is 0 Å². The zero-order valence-corrected chi connectivity index (χ0v) is 11.5. The quantitative estimate of drug-likeness (QED) is 0.806. The molecule has 1 heterocycles. The highest BCUT2D eigenvalue weighted by molar-refractivity contribution is 6.12. The van der Waals surface area contributed by atoms with Gasteiger partial charge in [-0.3, -0.25) is 14.5 Å². The van der Waals surface area contributed by atoms with E-state index < -0.39 is 0 Å². The highest BCUT2D eigenvalue weighted by Crippen LogP contribution is 2.26. The van der Waals surface area contributed by atoms with E-state index in [0.717, 1.165) is 11.1 Å². The summed E-state index contributed by atoms with van der Waals surface area (Å²) in [6.45, 7) is 0.360. The lowest BCUT2D eigenvalue weighted by atomic mass is 9.91. The summed E-state index contributed by atoms with van der Waals surface area (Å²) in [6.07, 6.45) is 2.66. The van der Waals surface area contributed by atoms with Crippen LogP contribution in [0.4, 0.5) is 0 Å². The van der Waals surface area contributed by atoms with Gasteiger partial charge in [0.2, 0.25) is 0 Å². The first-order valence-electron chi connectivity index (χ1n) is 6.89. The summed E-state index contributed by atoms with van der Waals surface area (Å²) in [7, 11) is 0. The molecule has 3 rings (SSSR count). The van der Waals surface area contributed by atoms with Crippen LogP contribution >= 0.6 is 0 Å². The molecule has 0 aromatic heterocycles. The third kappa shape index (κ3) is 2.77. The van der Waals surface area contributed by atoms with Gasteiger partial charge in [0, 0.05) is 24.6 Å². The molecular weight excluding hydrogens is 262 g/mol. The number of hydrogen-bond donors (Lipinski definition) is 0. The van der Waals surface area contributed by atoms with Gasteiger partial charge in [-0.1, -0.05) is 60.7 Å². The molecule has 3 nitrogen and oxygen atoms in total. The summed E-state index contributed by atoms with van der Waals surface area (Å²) in [5.41, 5.74) is 2.19. The molecule has 21 heavy (non-hydrogen) atoms. The molecule has 2 amide bonds. The second kappa shape index (κ2) is 5.75. The predicted octanol–water partition coefficient (Wildman–Crippen LogP) is 2.74. The SMILES string of the molecule is O=C1C=CC(=O)N1CC(c1ccccc1)c1ccccc1. The lowest BCUT2D eigenvalue weighted by Crippen LogP contribution is -2.34. The van der Waals surface area contributed by atoms with E-state index in [-0.39, 0.29) is 17.7 Å². The lowest BCUT2D eigenvalue weighted by molar-refractivity contribution is -0.136. The molecule has 0 bridgehead atoms. The van der Waals surface area contributed by atoms with Crippen molar-refractivity contribution in [1.82, 2.24) is 4.90 Å². The zero-order chi connectivity index (χ0) is 14.7. The topological polar surface area (TPSA) is 37.4 Å². The van der Waals surface area contributed by atoms with E-state index >= 15 is 0 Å². The van der Waals surface area contributed by atoms with Crippen LogP contribution in [-0.2, 0) is 9.59 Å². The van der Waals surface area contributed by atoms with E-state index in [1.54, 1.807) is 0 Å². The molecule has 1 aliphatic heterocycles. The van der Waals surface area contributed by atoms with Crippen LogP contribution < -0.4 is 0 Å². The fourth-order valence-corrected chi connectivity index (χ4v) is 2.57. The Morgan fingerprint density at radius 2 is 1.14 bits per heavy atom. The van der Waals surface area contributed by atoms with Crippen LogP contribution in [0, 0.1) is 0 Å². The third-order valence-electron chi connectivity index (χ3n) is 3.67. The number of imide groups is 1. The third-order valence-corrected chi connectivity index (χ3v) is 3.67. The minimum atomic E-state index is -0.239. The van der Waals surface area contributed by atoms with Gasteiger partial charge in [0.1, 0.15) is 0 Å². The van der Waals surface area contributed by atoms with Crippen molar-refractivity contribution >= 4 is 11.8 Å². The van der Waals surface area contributed by atoms with Gasteiger partial charge < -0.3 is 0 Å². The number of rotatable bonds is 4. The first-order valence-corrected chi connectivity index (χ1v) is 6.89. The molecule has 0 atom stereocenters. The van der Waals surface area contributed by atoms with E-state index in [1.807, 2.05) is 60.7 Å². The number of amides is 2. The summed E-state index contributed by atoms with van der Waals surface area (Å²) >= 11 is 0. The molecule has 0 radical (unpaired) electrons. The van der Waals surface area contributed by atoms with Gasteiger partial charge >= 0.3 is 0 Å². The normalized spacial score (nSPS) is 14.2. The number of hydrogen-bond acceptors (Lipinski definition) is 2. The monoisotopic (exact) mass is 277 g/mol. The van der Waals surface area contributed by atoms with Gasteiger partial charge in [0.15, 0.2) is 0 Å². The maximum atomic E-state index is 11.8. The van der Waals surface area contributed by atoms with Gasteiger partial charge in [-0.25, -0.2) is 0 Å². The van der Waals surface area contributed by atoms with Crippen LogP contribution in [0.2, 0.25) is 0 Å². The van der Waals surface area contributed by atoms with Gasteiger partial charge in [-0.15, -0.1) is 0 Å². The smallest absolute Gasteiger partial charge is 0.253 e. The highest BCUT2D eigenvalue weighted by Gasteiger charge is 2.27. The molecule has 0 spiro atoms. The van der Waals surface area contributed by atoms with Gasteiger partial charge in [0.25, 0.3) is 11.8 Å². The van der Waals surface area contributed by atoms with Crippen molar-refractivity contribution in [3.63, 3.8) is 0 Å². The molecule has 0 fully saturated rings. The molecule has 2 aromatic rings. The first kappa shape index (κ1) is 13.3. The Bertz CT molecular complexity index is 619. The van der Waals surface area contributed by atoms with E-state index in [1.165, 1.54) is 17.1 Å². The minimum Gasteiger partial charge on any atom is -0.274 e. The Balaban J connectivity index is 1.94. The van der Waals surface area contributed by atoms with Crippen LogP contribution in [-0.4, -0.2) is 23.3 Å². The molecule has 104 valence electrons. The number of benzene rings is 2. The Kier molecular flexibility index (Phi) is 3.65. The molecule has 0 saturated carbocycles. The summed E-state index contributed by atoms with van der Waals surface area (Å²) in [5, 5.41) is 0. The second-order valence-electron chi connectivity index (χ2n) is 4.99. The van der Waals surface area contributed by atoms with Gasteiger partial charge in [-0.2, -0.15) is 0 Å². The predicted molar refractivity (Wildman–Crippen MR) is 80.6 cm³/mol. The molecular formula is C18H15NO2. The Labute approximate surface area is 123 Å². The maximum absolute atomic E-state index is 11.8. The minimum absolute atomic E-state index is 0.0137. The van der Waals surface area contributed by atoms with Gasteiger partial charge in [0.05, 0.1) is 0 Å². The second-order valence-corrected chi connectivity index (χ2v) is 4.99. The summed E-state index contributed by atoms with van der Waals surface area (Å²) in [6, 6.07) is 19.9. The fraction of sp³-hybridized carbons (Fsp3) is 0.111. The molecule has 0 N–H and O–H groups in total. The van der Waals surface area contributed by atoms with Crippen LogP contribution in [0.1, 0.15) is 17.0 Å². The largest absolute Gasteiger partial charge is 0.274 e. The number of carbonyl (C=O) groups excluding carboxylic acids is 2. The van der Waals surface area contributed by atoms with Gasteiger partial charge in [-0.05, 0) is 11.1 Å². The molecule has 2 aromatic carbocycles. The fourth-order valence-electron chi connectivity index (χ4n) is 2.57. The van der Waals surface area contributed by atoms with Crippen molar-refractivity contribution in [2.24, 2.45) is 0 Å². The van der Waals surface area contributed by atoms with E-state index in [9.17, 15) is 9.59 Å². The molecule has 0 aliphatic carbocycles. The summed E-state index contributed by atoms with van der Waals surface area (Å²) in [5.74, 6) is -0.492. The molecule has 1 aliphatic rings. The van der Waals surface area contributed by atoms with Crippen LogP contribution in [0.5, 0.6) is 0 Å². The van der Waals surface area contributed by atoms with E-state index in [2.05, 4.69) is 0 Å². The maximum Gasteiger partial charge on any atom is 0.253 e. The highest BCUT2D eigenvalue weighted by atomic mass is 16.2. The van der Waals surface area contributed by atoms with E-state index in [0.29, 0.717) is 6.54 Å². The Morgan fingerprint density at radius 1 is 0.714 bits per heavy atom. The summed E-state index contributed by atoms with van der Waals surface area (Å²) < 4.78 is 0. The van der Waals surface area contributed by atoms with Crippen LogP contribution in [0.15, 0.2) is 72.8 Å². The van der Waals surface area contributed by atoms with Crippen molar-refractivity contribution in [2.75, 3.05) is 6.54 Å². The van der Waals surface area contributed by atoms with Crippen molar-refractivity contribution in [3.05, 3.63) is 83.9 Å². The molecule has 0 unspecified atom stereocenters. The standard InChI is InChI=1S/C18H15NO2/c20-17-11-12-18(21)19(17)13-16(14-7-3-1-4-8-14)15-9-5-2-6-10-15/h1-12,16H,13H2. The molecule has 3 heteroatoms. The van der Waals surface area contributed by atoms with Crippen molar-refractivity contribution < 1.29 is 9.59 Å². The zero-order valence-electron chi connectivity index (χ0n) is 11.5. The number of carbonyl (C=O) groups is 2. The lowest BCUT2D eigenvalue weighted by Gasteiger charge is -2.23. The average molecular weight is 277 g/mol. The van der Waals surface area contributed by atoms with Crippen molar-refractivity contribution in [1.29, 1.82) is 0 Å². The molecule has 0 saturated heterocycles. The Morgan fingerprint density at radius 3 is 1.57 bits per heavy atom. The van der Waals surface area contributed by atoms with Crippen LogP contribution in [0.25, 0.3) is 0 Å². The van der Waals surface area contributed by atoms with E-state index in [4.69, 9.17) is 0 Å². The summed E-state index contributed by atoms with van der Waals surface area (Å²) in [4.78, 5) is 24.9. The van der Waals surface area contributed by atoms with Crippen molar-refractivity contribution in [2.45, 2.75) is 5.92 Å². The van der Waals surface area contributed by atoms with Crippen LogP contribution in [0.3, 0.4) is 0 Å². The Hall–Kier alpha value is -2.68. The first-order chi connectivity index (χ1) is 10.3. The number of nitrogens with zero attached hydrogens (tertiary/aromatic N) is 1. The average Bonchev–Trinajstić information content (AvgIpc) is 2.85.